The van der Waals surface area contributed by atoms with Gasteiger partial charge in [0, 0.05) is 0 Å². The highest BCUT2D eigenvalue weighted by Gasteiger charge is 2.44. The number of rotatable bonds is 3. The number of nitrogens with one attached hydrogen (secondary N) is 1. The van der Waals surface area contributed by atoms with E-state index in [0.29, 0.717) is 0 Å². The summed E-state index contributed by atoms with van der Waals surface area (Å²) < 4.78 is 74.1. The molecule has 0 aliphatic carbocycles. The summed E-state index contributed by atoms with van der Waals surface area (Å²) in [7, 11) is -4.17. The van der Waals surface area contributed by atoms with E-state index >= 15 is 0 Å². The molecule has 9 heteroatoms. The lowest BCUT2D eigenvalue weighted by Gasteiger charge is -2.10. The monoisotopic (exact) mass is 331 g/mol. The molecule has 0 aromatic heterocycles. The zero-order valence-corrected chi connectivity index (χ0v) is 11.5. The van der Waals surface area contributed by atoms with Crippen molar-refractivity contribution in [3.05, 3.63) is 48.3 Å². The van der Waals surface area contributed by atoms with Crippen molar-refractivity contribution in [2.75, 3.05) is 4.72 Å². The fraction of sp³-hybridized carbons (Fsp3) is 0.0769. The van der Waals surface area contributed by atoms with E-state index in [1.807, 2.05) is 0 Å². The number of ether oxygens (including phenoxy) is 2. The Labute approximate surface area is 123 Å². The molecule has 1 N–H and O–H groups in total. The van der Waals surface area contributed by atoms with Gasteiger partial charge in [0.2, 0.25) is 0 Å². The third-order valence-corrected chi connectivity index (χ3v) is 4.14. The summed E-state index contributed by atoms with van der Waals surface area (Å²) in [6, 6.07) is 8.01. The fourth-order valence-electron chi connectivity index (χ4n) is 1.89. The van der Waals surface area contributed by atoms with Gasteiger partial charge in [-0.25, -0.2) is 12.8 Å². The number of fused-ring (bicyclic) bond motifs is 1. The molecule has 1 aliphatic heterocycles. The highest BCUT2D eigenvalue weighted by molar-refractivity contribution is 7.92. The first-order chi connectivity index (χ1) is 10.3. The van der Waals surface area contributed by atoms with Gasteiger partial charge < -0.3 is 9.47 Å². The lowest BCUT2D eigenvalue weighted by atomic mass is 10.3. The molecule has 0 fully saturated rings. The van der Waals surface area contributed by atoms with E-state index in [0.717, 1.165) is 12.1 Å². The zero-order valence-electron chi connectivity index (χ0n) is 10.7. The largest absolute Gasteiger partial charge is 0.586 e. The number of halogens is 3. The van der Waals surface area contributed by atoms with Gasteiger partial charge in [0.05, 0.1) is 10.6 Å². The number of anilines is 1. The minimum atomic E-state index is -4.17. The molecule has 0 saturated carbocycles. The van der Waals surface area contributed by atoms with E-state index in [1.165, 1.54) is 30.3 Å². The van der Waals surface area contributed by atoms with Crippen molar-refractivity contribution in [1.82, 2.24) is 0 Å². The van der Waals surface area contributed by atoms with Crippen molar-refractivity contribution in [3.63, 3.8) is 0 Å². The Morgan fingerprint density at radius 3 is 2.50 bits per heavy atom. The van der Waals surface area contributed by atoms with Crippen LogP contribution in [0, 0.1) is 5.82 Å². The van der Waals surface area contributed by atoms with E-state index < -0.39 is 27.9 Å². The Hall–Kier alpha value is -2.42. The van der Waals surface area contributed by atoms with E-state index in [9.17, 15) is 21.6 Å². The van der Waals surface area contributed by atoms with Gasteiger partial charge >= 0.3 is 6.29 Å². The topological polar surface area (TPSA) is 64.6 Å². The molecular weight excluding hydrogens is 323 g/mol. The molecule has 5 nitrogen and oxygen atoms in total. The molecule has 0 amide bonds. The molecule has 0 spiro atoms. The van der Waals surface area contributed by atoms with E-state index in [4.69, 9.17) is 0 Å². The van der Waals surface area contributed by atoms with Crippen molar-refractivity contribution in [2.24, 2.45) is 0 Å². The van der Waals surface area contributed by atoms with Crippen LogP contribution in [0.25, 0.3) is 0 Å². The van der Waals surface area contributed by atoms with Crippen LogP contribution in [0.15, 0.2) is 47.4 Å². The number of alkyl halides is 2. The van der Waals surface area contributed by atoms with Gasteiger partial charge in [-0.2, -0.15) is 0 Å². The number of para-hydroxylation sites is 1. The van der Waals surface area contributed by atoms with E-state index in [1.54, 1.807) is 0 Å². The van der Waals surface area contributed by atoms with E-state index in [2.05, 4.69) is 14.2 Å². The second-order valence-corrected chi connectivity index (χ2v) is 6.05. The lowest BCUT2D eigenvalue weighted by molar-refractivity contribution is -0.286. The minimum Gasteiger partial charge on any atom is -0.395 e. The first kappa shape index (κ1) is 14.5. The molecule has 0 saturated heterocycles. The number of hydrogen-bond donors (Lipinski definition) is 1. The summed E-state index contributed by atoms with van der Waals surface area (Å²) >= 11 is 0. The van der Waals surface area contributed by atoms with Crippen LogP contribution < -0.4 is 14.2 Å². The van der Waals surface area contributed by atoms with Gasteiger partial charge in [-0.3, -0.25) is 4.72 Å². The van der Waals surface area contributed by atoms with Gasteiger partial charge in [0.25, 0.3) is 10.0 Å². The first-order valence-corrected chi connectivity index (χ1v) is 7.42. The van der Waals surface area contributed by atoms with Crippen LogP contribution in [0.4, 0.5) is 18.9 Å². The normalized spacial score (nSPS) is 15.6. The van der Waals surface area contributed by atoms with Crippen molar-refractivity contribution >= 4 is 15.7 Å². The maximum Gasteiger partial charge on any atom is 0.586 e. The van der Waals surface area contributed by atoms with Crippen LogP contribution in [0.1, 0.15) is 0 Å². The molecule has 0 atom stereocenters. The predicted octanol–water partition coefficient (Wildman–Crippen LogP) is 2.95. The smallest absolute Gasteiger partial charge is 0.395 e. The van der Waals surface area contributed by atoms with Crippen LogP contribution >= 0.6 is 0 Å². The Balaban J connectivity index is 1.97. The zero-order chi connectivity index (χ0) is 16.0. The second kappa shape index (κ2) is 4.80. The first-order valence-electron chi connectivity index (χ1n) is 5.94. The molecule has 2 aromatic rings. The molecule has 1 heterocycles. The van der Waals surface area contributed by atoms with Crippen molar-refractivity contribution in [1.29, 1.82) is 0 Å². The maximum atomic E-state index is 13.1. The van der Waals surface area contributed by atoms with Crippen LogP contribution in [0.5, 0.6) is 11.5 Å². The molecule has 3 rings (SSSR count). The van der Waals surface area contributed by atoms with Crippen LogP contribution in [0.3, 0.4) is 0 Å². The fourth-order valence-corrected chi connectivity index (χ4v) is 2.98. The van der Waals surface area contributed by atoms with Crippen molar-refractivity contribution < 1.29 is 31.1 Å². The Morgan fingerprint density at radius 2 is 1.77 bits per heavy atom. The number of hydrogen-bond acceptors (Lipinski definition) is 4. The van der Waals surface area contributed by atoms with Crippen LogP contribution in [-0.4, -0.2) is 14.7 Å². The Bertz CT molecular complexity index is 839. The third-order valence-electron chi connectivity index (χ3n) is 2.78. The summed E-state index contributed by atoms with van der Waals surface area (Å²) in [4.78, 5) is -0.351. The Morgan fingerprint density at radius 1 is 1.05 bits per heavy atom. The minimum absolute atomic E-state index is 0.237. The van der Waals surface area contributed by atoms with Crippen LogP contribution in [-0.2, 0) is 10.0 Å². The lowest BCUT2D eigenvalue weighted by Crippen LogP contribution is -2.26. The highest BCUT2D eigenvalue weighted by Crippen LogP contribution is 2.46. The van der Waals surface area contributed by atoms with Gasteiger partial charge in [-0.15, -0.1) is 8.78 Å². The van der Waals surface area contributed by atoms with Gasteiger partial charge in [0.1, 0.15) is 5.82 Å². The SMILES string of the molecule is O=S(=O)(Nc1cccc2c1OC(F)(F)O2)c1cccc(F)c1. The number of benzene rings is 2. The average Bonchev–Trinajstić information content (AvgIpc) is 2.74. The molecule has 0 unspecified atom stereocenters. The molecule has 22 heavy (non-hydrogen) atoms. The van der Waals surface area contributed by atoms with Gasteiger partial charge in [-0.05, 0) is 30.3 Å². The van der Waals surface area contributed by atoms with Crippen LogP contribution in [0.2, 0.25) is 0 Å². The summed E-state index contributed by atoms with van der Waals surface area (Å²) in [6.45, 7) is 0. The summed E-state index contributed by atoms with van der Waals surface area (Å²) in [5.41, 5.74) is -0.237. The Kier molecular flexibility index (Phi) is 3.17. The maximum absolute atomic E-state index is 13.1. The van der Waals surface area contributed by atoms with Gasteiger partial charge in [0.15, 0.2) is 11.5 Å². The molecular formula is C13H8F3NO4S. The van der Waals surface area contributed by atoms with Crippen molar-refractivity contribution in [3.8, 4) is 11.5 Å². The molecule has 0 radical (unpaired) electrons. The van der Waals surface area contributed by atoms with E-state index in [-0.39, 0.29) is 16.3 Å². The van der Waals surface area contributed by atoms with Crippen molar-refractivity contribution in [2.45, 2.75) is 11.2 Å². The molecule has 116 valence electrons. The standard InChI is InChI=1S/C13H8F3NO4S/c14-8-3-1-4-9(7-8)22(18,19)17-10-5-2-6-11-12(10)21-13(15,16)20-11/h1-7,17H. The predicted molar refractivity (Wildman–Crippen MR) is 69.9 cm³/mol. The average molecular weight is 331 g/mol. The molecule has 2 aromatic carbocycles. The molecule has 1 aliphatic rings. The number of sulfonamides is 1. The van der Waals surface area contributed by atoms with Gasteiger partial charge in [-0.1, -0.05) is 12.1 Å². The quantitative estimate of drug-likeness (QED) is 0.939. The summed E-state index contributed by atoms with van der Waals surface area (Å²) in [5, 5.41) is 0. The molecule has 0 bridgehead atoms. The highest BCUT2D eigenvalue weighted by atomic mass is 32.2. The second-order valence-electron chi connectivity index (χ2n) is 4.36. The summed E-state index contributed by atoms with van der Waals surface area (Å²) in [6.07, 6.45) is -3.87. The summed E-state index contributed by atoms with van der Waals surface area (Å²) in [5.74, 6) is -1.48. The third kappa shape index (κ3) is 2.67.